The molecule has 0 saturated heterocycles. The predicted molar refractivity (Wildman–Crippen MR) is 73.8 cm³/mol. The van der Waals surface area contributed by atoms with Crippen LogP contribution < -0.4 is 15.2 Å². The van der Waals surface area contributed by atoms with Gasteiger partial charge in [-0.3, -0.25) is 0 Å². The van der Waals surface area contributed by atoms with Crippen LogP contribution in [0, 0.1) is 6.92 Å². The number of aryl methyl sites for hydroxylation is 1. The molecule has 0 radical (unpaired) electrons. The Labute approximate surface area is 109 Å². The molecular formula is C15H21NO2. The SMILES string of the molecule is Cc1cc2c(cc1/C=C/CCC(C)(C)N)OCO2. The third kappa shape index (κ3) is 3.26. The van der Waals surface area contributed by atoms with Gasteiger partial charge >= 0.3 is 0 Å². The molecule has 3 nitrogen and oxygen atoms in total. The Bertz CT molecular complexity index is 458. The highest BCUT2D eigenvalue weighted by Crippen LogP contribution is 2.35. The van der Waals surface area contributed by atoms with Gasteiger partial charge in [0, 0.05) is 5.54 Å². The van der Waals surface area contributed by atoms with E-state index in [2.05, 4.69) is 19.1 Å². The highest BCUT2D eigenvalue weighted by Gasteiger charge is 2.14. The average Bonchev–Trinajstić information content (AvgIpc) is 2.70. The third-order valence-electron chi connectivity index (χ3n) is 3.01. The monoisotopic (exact) mass is 247 g/mol. The highest BCUT2D eigenvalue weighted by atomic mass is 16.7. The average molecular weight is 247 g/mol. The lowest BCUT2D eigenvalue weighted by Gasteiger charge is -2.16. The van der Waals surface area contributed by atoms with Crippen LogP contribution in [0.15, 0.2) is 18.2 Å². The van der Waals surface area contributed by atoms with Gasteiger partial charge in [0.25, 0.3) is 0 Å². The van der Waals surface area contributed by atoms with Crippen molar-refractivity contribution in [1.29, 1.82) is 0 Å². The molecule has 0 atom stereocenters. The van der Waals surface area contributed by atoms with Crippen molar-refractivity contribution in [2.24, 2.45) is 5.73 Å². The molecule has 0 aromatic heterocycles. The van der Waals surface area contributed by atoms with E-state index in [1.807, 2.05) is 26.0 Å². The number of fused-ring (bicyclic) bond motifs is 1. The zero-order valence-corrected chi connectivity index (χ0v) is 11.3. The molecule has 2 rings (SSSR count). The van der Waals surface area contributed by atoms with E-state index in [0.717, 1.165) is 24.3 Å². The van der Waals surface area contributed by atoms with E-state index in [1.165, 1.54) is 11.1 Å². The molecule has 0 saturated carbocycles. The van der Waals surface area contributed by atoms with Gasteiger partial charge in [0.15, 0.2) is 11.5 Å². The van der Waals surface area contributed by atoms with E-state index in [1.54, 1.807) is 0 Å². The molecule has 0 spiro atoms. The Morgan fingerprint density at radius 1 is 1.28 bits per heavy atom. The van der Waals surface area contributed by atoms with Crippen molar-refractivity contribution < 1.29 is 9.47 Å². The summed E-state index contributed by atoms with van der Waals surface area (Å²) in [5.41, 5.74) is 8.22. The maximum absolute atomic E-state index is 5.95. The van der Waals surface area contributed by atoms with Gasteiger partial charge in [-0.25, -0.2) is 0 Å². The summed E-state index contributed by atoms with van der Waals surface area (Å²) in [7, 11) is 0. The zero-order chi connectivity index (χ0) is 13.2. The van der Waals surface area contributed by atoms with Crippen LogP contribution in [0.25, 0.3) is 6.08 Å². The predicted octanol–water partition coefficient (Wildman–Crippen LogP) is 3.25. The molecule has 1 heterocycles. The van der Waals surface area contributed by atoms with Crippen LogP contribution in [-0.4, -0.2) is 12.3 Å². The van der Waals surface area contributed by atoms with Crippen LogP contribution in [-0.2, 0) is 0 Å². The number of hydrogen-bond acceptors (Lipinski definition) is 3. The van der Waals surface area contributed by atoms with Crippen LogP contribution in [0.3, 0.4) is 0 Å². The number of ether oxygens (including phenoxy) is 2. The summed E-state index contributed by atoms with van der Waals surface area (Å²) in [6.07, 6.45) is 6.26. The Hall–Kier alpha value is -1.48. The number of rotatable bonds is 4. The molecule has 1 aromatic carbocycles. The maximum atomic E-state index is 5.95. The van der Waals surface area contributed by atoms with Crippen molar-refractivity contribution in [2.45, 2.75) is 39.2 Å². The normalized spacial score (nSPS) is 14.4. The van der Waals surface area contributed by atoms with Crippen molar-refractivity contribution in [3.05, 3.63) is 29.3 Å². The summed E-state index contributed by atoms with van der Waals surface area (Å²) in [5, 5.41) is 0. The lowest BCUT2D eigenvalue weighted by Crippen LogP contribution is -2.31. The standard InChI is InChI=1S/C15H21NO2/c1-11-8-13-14(18-10-17-13)9-12(11)6-4-5-7-15(2,3)16/h4,6,8-9H,5,7,10,16H2,1-3H3/b6-4+. The first-order valence-electron chi connectivity index (χ1n) is 6.31. The minimum Gasteiger partial charge on any atom is -0.454 e. The summed E-state index contributed by atoms with van der Waals surface area (Å²) >= 11 is 0. The van der Waals surface area contributed by atoms with E-state index in [0.29, 0.717) is 6.79 Å². The van der Waals surface area contributed by atoms with Crippen LogP contribution >= 0.6 is 0 Å². The second kappa shape index (κ2) is 5.02. The first-order valence-corrected chi connectivity index (χ1v) is 6.31. The molecule has 1 aliphatic rings. The molecule has 3 heteroatoms. The molecule has 18 heavy (non-hydrogen) atoms. The fourth-order valence-electron chi connectivity index (χ4n) is 1.90. The van der Waals surface area contributed by atoms with E-state index in [9.17, 15) is 0 Å². The second-order valence-corrected chi connectivity index (χ2v) is 5.49. The fraction of sp³-hybridized carbons (Fsp3) is 0.467. The summed E-state index contributed by atoms with van der Waals surface area (Å²) in [5.74, 6) is 1.67. The van der Waals surface area contributed by atoms with Crippen molar-refractivity contribution >= 4 is 6.08 Å². The Morgan fingerprint density at radius 3 is 2.61 bits per heavy atom. The van der Waals surface area contributed by atoms with E-state index in [4.69, 9.17) is 15.2 Å². The molecular weight excluding hydrogens is 226 g/mol. The van der Waals surface area contributed by atoms with Crippen molar-refractivity contribution in [3.63, 3.8) is 0 Å². The molecule has 98 valence electrons. The van der Waals surface area contributed by atoms with Crippen LogP contribution in [0.2, 0.25) is 0 Å². The summed E-state index contributed by atoms with van der Waals surface area (Å²) in [6.45, 7) is 6.50. The molecule has 0 unspecified atom stereocenters. The number of hydrogen-bond donors (Lipinski definition) is 1. The van der Waals surface area contributed by atoms with Crippen molar-refractivity contribution in [3.8, 4) is 11.5 Å². The van der Waals surface area contributed by atoms with Gasteiger partial charge in [-0.15, -0.1) is 0 Å². The molecule has 1 aliphatic heterocycles. The topological polar surface area (TPSA) is 44.5 Å². The number of allylic oxidation sites excluding steroid dienone is 1. The van der Waals surface area contributed by atoms with Gasteiger partial charge in [-0.2, -0.15) is 0 Å². The smallest absolute Gasteiger partial charge is 0.231 e. The summed E-state index contributed by atoms with van der Waals surface area (Å²) in [6, 6.07) is 4.05. The molecule has 0 aliphatic carbocycles. The van der Waals surface area contributed by atoms with Gasteiger partial charge in [0.2, 0.25) is 6.79 Å². The zero-order valence-electron chi connectivity index (χ0n) is 11.3. The Morgan fingerprint density at radius 2 is 1.94 bits per heavy atom. The minimum atomic E-state index is -0.103. The Kier molecular flexibility index (Phi) is 3.62. The number of nitrogens with two attached hydrogens (primary N) is 1. The van der Waals surface area contributed by atoms with Crippen LogP contribution in [0.4, 0.5) is 0 Å². The van der Waals surface area contributed by atoms with Gasteiger partial charge < -0.3 is 15.2 Å². The van der Waals surface area contributed by atoms with Crippen molar-refractivity contribution in [1.82, 2.24) is 0 Å². The Balaban J connectivity index is 2.03. The molecule has 0 fully saturated rings. The van der Waals surface area contributed by atoms with E-state index in [-0.39, 0.29) is 5.54 Å². The molecule has 0 bridgehead atoms. The molecule has 1 aromatic rings. The van der Waals surface area contributed by atoms with Gasteiger partial charge in [0.1, 0.15) is 0 Å². The van der Waals surface area contributed by atoms with Gasteiger partial charge in [-0.1, -0.05) is 12.2 Å². The largest absolute Gasteiger partial charge is 0.454 e. The van der Waals surface area contributed by atoms with Gasteiger partial charge in [-0.05, 0) is 56.9 Å². The summed E-state index contributed by atoms with van der Waals surface area (Å²) < 4.78 is 10.7. The lowest BCUT2D eigenvalue weighted by atomic mass is 9.99. The molecule has 2 N–H and O–H groups in total. The molecule has 0 amide bonds. The highest BCUT2D eigenvalue weighted by molar-refractivity contribution is 5.60. The third-order valence-corrected chi connectivity index (χ3v) is 3.01. The maximum Gasteiger partial charge on any atom is 0.231 e. The van der Waals surface area contributed by atoms with Crippen LogP contribution in [0.1, 0.15) is 37.8 Å². The second-order valence-electron chi connectivity index (χ2n) is 5.49. The first kappa shape index (κ1) is 13.0. The number of benzene rings is 1. The quantitative estimate of drug-likeness (QED) is 0.888. The lowest BCUT2D eigenvalue weighted by molar-refractivity contribution is 0.174. The minimum absolute atomic E-state index is 0.103. The van der Waals surface area contributed by atoms with Crippen LogP contribution in [0.5, 0.6) is 11.5 Å². The van der Waals surface area contributed by atoms with E-state index >= 15 is 0 Å². The van der Waals surface area contributed by atoms with Crippen molar-refractivity contribution in [2.75, 3.05) is 6.79 Å². The first-order chi connectivity index (χ1) is 8.46. The summed E-state index contributed by atoms with van der Waals surface area (Å²) in [4.78, 5) is 0. The van der Waals surface area contributed by atoms with E-state index < -0.39 is 0 Å². The van der Waals surface area contributed by atoms with Gasteiger partial charge in [0.05, 0.1) is 0 Å². The fourth-order valence-corrected chi connectivity index (χ4v) is 1.90.